The number of aliphatic hydroxyl groups is 1. The van der Waals surface area contributed by atoms with Gasteiger partial charge < -0.3 is 10.0 Å². The molecule has 1 heterocycles. The fraction of sp³-hybridized carbons (Fsp3) is 0.833. The molecule has 64 valence electrons. The van der Waals surface area contributed by atoms with Crippen LogP contribution in [0, 0.1) is 0 Å². The largest absolute Gasteiger partial charge is 0.392 e. The molecule has 0 aromatic rings. The predicted octanol–water partition coefficient (Wildman–Crippen LogP) is -1.50. The quantitative estimate of drug-likeness (QED) is 0.338. The van der Waals surface area contributed by atoms with Crippen molar-refractivity contribution in [3.63, 3.8) is 0 Å². The van der Waals surface area contributed by atoms with Crippen molar-refractivity contribution in [1.29, 1.82) is 0 Å². The topological polar surface area (TPSA) is 73.9 Å². The summed E-state index contributed by atoms with van der Waals surface area (Å²) in [6.45, 7) is 3.92. The summed E-state index contributed by atoms with van der Waals surface area (Å²) < 4.78 is 0. The van der Waals surface area contributed by atoms with E-state index in [0.717, 1.165) is 13.1 Å². The lowest BCUT2D eigenvalue weighted by atomic mass is 10.4. The highest BCUT2D eigenvalue weighted by molar-refractivity contribution is 5.80. The monoisotopic (exact) mass is 158 g/mol. The minimum atomic E-state index is -0.341. The van der Waals surface area contributed by atoms with Crippen molar-refractivity contribution >= 4 is 5.96 Å². The maximum absolute atomic E-state index is 9.06. The predicted molar refractivity (Wildman–Crippen MR) is 42.9 cm³/mol. The SMILES string of the molecule is CC(O)CN1CCN=C1NN. The molecule has 0 saturated heterocycles. The smallest absolute Gasteiger partial charge is 0.208 e. The Kier molecular flexibility index (Phi) is 2.67. The number of aliphatic imine (C=N–C) groups is 1. The Morgan fingerprint density at radius 1 is 1.91 bits per heavy atom. The molecule has 4 N–H and O–H groups in total. The molecular weight excluding hydrogens is 144 g/mol. The lowest BCUT2D eigenvalue weighted by molar-refractivity contribution is 0.162. The van der Waals surface area contributed by atoms with E-state index < -0.39 is 0 Å². The van der Waals surface area contributed by atoms with E-state index in [1.807, 2.05) is 4.90 Å². The van der Waals surface area contributed by atoms with Gasteiger partial charge in [0.05, 0.1) is 12.6 Å². The van der Waals surface area contributed by atoms with Gasteiger partial charge in [-0.2, -0.15) is 0 Å². The van der Waals surface area contributed by atoms with Gasteiger partial charge in [-0.1, -0.05) is 0 Å². The summed E-state index contributed by atoms with van der Waals surface area (Å²) in [5.41, 5.74) is 2.48. The second kappa shape index (κ2) is 3.54. The van der Waals surface area contributed by atoms with Gasteiger partial charge in [0, 0.05) is 13.1 Å². The number of aliphatic hydroxyl groups excluding tert-OH is 1. The summed E-state index contributed by atoms with van der Waals surface area (Å²) in [4.78, 5) is 6.01. The van der Waals surface area contributed by atoms with Crippen molar-refractivity contribution in [2.45, 2.75) is 13.0 Å². The highest BCUT2D eigenvalue weighted by atomic mass is 16.3. The number of hydrogen-bond donors (Lipinski definition) is 3. The summed E-state index contributed by atoms with van der Waals surface area (Å²) in [6, 6.07) is 0. The molecule has 0 bridgehead atoms. The van der Waals surface area contributed by atoms with E-state index in [0.29, 0.717) is 12.5 Å². The van der Waals surface area contributed by atoms with Gasteiger partial charge in [-0.15, -0.1) is 0 Å². The van der Waals surface area contributed by atoms with E-state index in [1.54, 1.807) is 6.92 Å². The standard InChI is InChI=1S/C6H14N4O/c1-5(11)4-10-3-2-8-6(10)9-7/h5,11H,2-4,7H2,1H3,(H,8,9). The summed E-state index contributed by atoms with van der Waals surface area (Å²) in [6.07, 6.45) is -0.341. The highest BCUT2D eigenvalue weighted by Crippen LogP contribution is 1.99. The number of hydrazine groups is 1. The lowest BCUT2D eigenvalue weighted by Crippen LogP contribution is -2.44. The van der Waals surface area contributed by atoms with Crippen LogP contribution in [0.15, 0.2) is 4.99 Å². The third-order valence-corrected chi connectivity index (χ3v) is 1.54. The van der Waals surface area contributed by atoms with Gasteiger partial charge in [0.25, 0.3) is 0 Å². The number of hydrogen-bond acceptors (Lipinski definition) is 5. The maximum Gasteiger partial charge on any atom is 0.208 e. The van der Waals surface area contributed by atoms with Gasteiger partial charge in [-0.05, 0) is 6.92 Å². The average molecular weight is 158 g/mol. The Bertz CT molecular complexity index is 157. The van der Waals surface area contributed by atoms with Gasteiger partial charge in [0.1, 0.15) is 0 Å². The van der Waals surface area contributed by atoms with Gasteiger partial charge in [0.15, 0.2) is 0 Å². The van der Waals surface area contributed by atoms with Crippen molar-refractivity contribution in [3.8, 4) is 0 Å². The molecule has 1 rings (SSSR count). The van der Waals surface area contributed by atoms with Crippen LogP contribution in [-0.2, 0) is 0 Å². The van der Waals surface area contributed by atoms with E-state index in [1.165, 1.54) is 0 Å². The fourth-order valence-corrected chi connectivity index (χ4v) is 1.12. The molecule has 1 atom stereocenters. The molecule has 0 saturated carbocycles. The third-order valence-electron chi connectivity index (χ3n) is 1.54. The van der Waals surface area contributed by atoms with Crippen LogP contribution >= 0.6 is 0 Å². The van der Waals surface area contributed by atoms with Crippen LogP contribution in [0.2, 0.25) is 0 Å². The lowest BCUT2D eigenvalue weighted by Gasteiger charge is -2.20. The van der Waals surface area contributed by atoms with E-state index >= 15 is 0 Å². The Morgan fingerprint density at radius 2 is 2.64 bits per heavy atom. The van der Waals surface area contributed by atoms with Gasteiger partial charge in [-0.25, -0.2) is 5.84 Å². The van der Waals surface area contributed by atoms with E-state index in [9.17, 15) is 0 Å². The molecule has 0 aromatic heterocycles. The number of guanidine groups is 1. The summed E-state index contributed by atoms with van der Waals surface area (Å²) in [5.74, 6) is 5.87. The Balaban J connectivity index is 2.40. The average Bonchev–Trinajstić information content (AvgIpc) is 2.34. The molecule has 1 unspecified atom stereocenters. The summed E-state index contributed by atoms with van der Waals surface area (Å²) in [7, 11) is 0. The number of nitrogens with one attached hydrogen (secondary N) is 1. The summed E-state index contributed by atoms with van der Waals surface area (Å²) >= 11 is 0. The second-order valence-corrected chi connectivity index (χ2v) is 2.64. The van der Waals surface area contributed by atoms with Crippen LogP contribution < -0.4 is 11.3 Å². The maximum atomic E-state index is 9.06. The molecule has 0 aliphatic carbocycles. The van der Waals surface area contributed by atoms with Crippen LogP contribution in [-0.4, -0.2) is 41.7 Å². The first kappa shape index (κ1) is 8.29. The first-order valence-electron chi connectivity index (χ1n) is 3.68. The first-order chi connectivity index (χ1) is 5.24. The zero-order valence-electron chi connectivity index (χ0n) is 6.62. The zero-order valence-corrected chi connectivity index (χ0v) is 6.62. The molecule has 0 aromatic carbocycles. The van der Waals surface area contributed by atoms with E-state index in [4.69, 9.17) is 10.9 Å². The van der Waals surface area contributed by atoms with Crippen molar-refractivity contribution in [3.05, 3.63) is 0 Å². The van der Waals surface area contributed by atoms with E-state index in [2.05, 4.69) is 10.4 Å². The van der Waals surface area contributed by atoms with Crippen LogP contribution in [0.3, 0.4) is 0 Å². The molecule has 1 aliphatic heterocycles. The Labute approximate surface area is 65.9 Å². The van der Waals surface area contributed by atoms with Crippen LogP contribution in [0.5, 0.6) is 0 Å². The second-order valence-electron chi connectivity index (χ2n) is 2.64. The summed E-state index contributed by atoms with van der Waals surface area (Å²) in [5, 5.41) is 9.06. The third kappa shape index (κ3) is 2.06. The Morgan fingerprint density at radius 3 is 3.18 bits per heavy atom. The molecular formula is C6H14N4O. The molecule has 0 spiro atoms. The van der Waals surface area contributed by atoms with Gasteiger partial charge in [0.2, 0.25) is 5.96 Å². The molecule has 5 heteroatoms. The van der Waals surface area contributed by atoms with Crippen LogP contribution in [0.25, 0.3) is 0 Å². The molecule has 11 heavy (non-hydrogen) atoms. The Hall–Kier alpha value is -0.810. The van der Waals surface area contributed by atoms with Crippen molar-refractivity contribution in [2.75, 3.05) is 19.6 Å². The minimum Gasteiger partial charge on any atom is -0.392 e. The number of β-amino-alcohol motifs (C(OH)–C–C–N with tert-alkyl or cyclic N) is 1. The van der Waals surface area contributed by atoms with Crippen molar-refractivity contribution in [2.24, 2.45) is 10.8 Å². The number of rotatable bonds is 2. The number of nitrogens with zero attached hydrogens (tertiary/aromatic N) is 2. The normalized spacial score (nSPS) is 19.9. The van der Waals surface area contributed by atoms with Crippen molar-refractivity contribution < 1.29 is 5.11 Å². The number of nitrogens with two attached hydrogens (primary N) is 1. The van der Waals surface area contributed by atoms with Gasteiger partial charge >= 0.3 is 0 Å². The molecule has 1 aliphatic rings. The fourth-order valence-electron chi connectivity index (χ4n) is 1.12. The zero-order chi connectivity index (χ0) is 8.27. The molecule has 5 nitrogen and oxygen atoms in total. The van der Waals surface area contributed by atoms with Crippen LogP contribution in [0.4, 0.5) is 0 Å². The first-order valence-corrected chi connectivity index (χ1v) is 3.68. The van der Waals surface area contributed by atoms with Gasteiger partial charge in [-0.3, -0.25) is 10.4 Å². The molecule has 0 fully saturated rings. The minimum absolute atomic E-state index is 0.341. The molecule has 0 amide bonds. The molecule has 0 radical (unpaired) electrons. The van der Waals surface area contributed by atoms with Crippen molar-refractivity contribution in [1.82, 2.24) is 10.3 Å². The van der Waals surface area contributed by atoms with E-state index in [-0.39, 0.29) is 6.10 Å². The highest BCUT2D eigenvalue weighted by Gasteiger charge is 2.16. The van der Waals surface area contributed by atoms with Crippen LogP contribution in [0.1, 0.15) is 6.92 Å².